The fourth-order valence-electron chi connectivity index (χ4n) is 6.69. The first-order valence-electron chi connectivity index (χ1n) is 14.0. The lowest BCUT2D eigenvalue weighted by Crippen LogP contribution is -2.47. The average Bonchev–Trinajstić information content (AvgIpc) is 3.01. The highest BCUT2D eigenvalue weighted by Gasteiger charge is 2.53. The molecule has 2 aliphatic rings. The van der Waals surface area contributed by atoms with E-state index in [1.807, 2.05) is 0 Å². The van der Waals surface area contributed by atoms with Gasteiger partial charge in [-0.1, -0.05) is 41.0 Å². The van der Waals surface area contributed by atoms with Gasteiger partial charge in [-0.2, -0.15) is 0 Å². The fourth-order valence-corrected chi connectivity index (χ4v) is 9.27. The molecule has 0 spiro atoms. The minimum absolute atomic E-state index is 0.00942. The van der Waals surface area contributed by atoms with Crippen LogP contribution in [0.25, 0.3) is 0 Å². The van der Waals surface area contributed by atoms with Gasteiger partial charge in [-0.3, -0.25) is 0 Å². The summed E-state index contributed by atoms with van der Waals surface area (Å²) in [6.45, 7) is 24.9. The number of hydrogen-bond donors (Lipinski definition) is 2. The lowest BCUT2D eigenvalue weighted by atomic mass is 9.61. The van der Waals surface area contributed by atoms with E-state index in [1.165, 1.54) is 32.1 Å². The van der Waals surface area contributed by atoms with E-state index >= 15 is 0 Å². The van der Waals surface area contributed by atoms with Crippen LogP contribution in [0.1, 0.15) is 92.9 Å². The topological polar surface area (TPSA) is 58.9 Å². The Morgan fingerprint density at radius 1 is 1.00 bits per heavy atom. The molecule has 0 aliphatic heterocycles. The van der Waals surface area contributed by atoms with Crippen molar-refractivity contribution in [2.45, 2.75) is 148 Å². The number of fused-ring (bicyclic) bond motifs is 1. The molecule has 0 aromatic rings. The maximum atomic E-state index is 10.7. The smallest absolute Gasteiger partial charge is 0.192 e. The summed E-state index contributed by atoms with van der Waals surface area (Å²) in [6, 6.07) is 0. The summed E-state index contributed by atoms with van der Waals surface area (Å²) in [7, 11) is -3.50. The first-order valence-corrected chi connectivity index (χ1v) is 20.3. The molecule has 0 heterocycles. The molecule has 2 aliphatic carbocycles. The van der Waals surface area contributed by atoms with E-state index in [0.717, 1.165) is 18.8 Å². The molecule has 34 heavy (non-hydrogen) atoms. The van der Waals surface area contributed by atoms with Crippen molar-refractivity contribution in [3.05, 3.63) is 0 Å². The third-order valence-electron chi connectivity index (χ3n) is 9.55. The second-order valence-electron chi connectivity index (χ2n) is 14.9. The van der Waals surface area contributed by atoms with Gasteiger partial charge in [-0.15, -0.1) is 0 Å². The Morgan fingerprint density at radius 2 is 1.62 bits per heavy atom. The molecule has 202 valence electrons. The number of aliphatic hydroxyl groups is 2. The van der Waals surface area contributed by atoms with Crippen molar-refractivity contribution in [1.29, 1.82) is 0 Å². The van der Waals surface area contributed by atoms with E-state index in [4.69, 9.17) is 8.85 Å². The van der Waals surface area contributed by atoms with Crippen LogP contribution in [0.4, 0.5) is 0 Å². The van der Waals surface area contributed by atoms with Gasteiger partial charge in [0.1, 0.15) is 0 Å². The number of hydrogen-bond acceptors (Lipinski definition) is 4. The van der Waals surface area contributed by atoms with Crippen LogP contribution in [-0.2, 0) is 8.85 Å². The summed E-state index contributed by atoms with van der Waals surface area (Å²) >= 11 is 0. The van der Waals surface area contributed by atoms with Gasteiger partial charge >= 0.3 is 0 Å². The van der Waals surface area contributed by atoms with Crippen LogP contribution < -0.4 is 0 Å². The highest BCUT2D eigenvalue weighted by Crippen LogP contribution is 2.59. The summed E-state index contributed by atoms with van der Waals surface area (Å²) in [5, 5.41) is 20.5. The van der Waals surface area contributed by atoms with Crippen LogP contribution in [0.2, 0.25) is 37.8 Å². The van der Waals surface area contributed by atoms with Crippen LogP contribution >= 0.6 is 0 Å². The maximum absolute atomic E-state index is 10.7. The van der Waals surface area contributed by atoms with Gasteiger partial charge in [-0.25, -0.2) is 0 Å². The molecule has 0 aromatic carbocycles. The zero-order chi connectivity index (χ0) is 26.2. The predicted molar refractivity (Wildman–Crippen MR) is 149 cm³/mol. The summed E-state index contributed by atoms with van der Waals surface area (Å²) in [4.78, 5) is 0. The van der Waals surface area contributed by atoms with Crippen molar-refractivity contribution in [2.75, 3.05) is 6.61 Å². The normalized spacial score (nSPS) is 32.2. The average molecular weight is 515 g/mol. The first-order chi connectivity index (χ1) is 15.3. The van der Waals surface area contributed by atoms with E-state index in [0.29, 0.717) is 29.8 Å². The zero-order valence-electron chi connectivity index (χ0n) is 24.5. The molecule has 0 radical (unpaired) electrons. The van der Waals surface area contributed by atoms with Gasteiger partial charge in [0.05, 0.1) is 12.2 Å². The van der Waals surface area contributed by atoms with Crippen LogP contribution in [0.5, 0.6) is 0 Å². The van der Waals surface area contributed by atoms with Crippen molar-refractivity contribution in [1.82, 2.24) is 0 Å². The summed E-state index contributed by atoms with van der Waals surface area (Å²) in [5.74, 6) is 2.07. The Balaban J connectivity index is 2.10. The zero-order valence-corrected chi connectivity index (χ0v) is 26.5. The van der Waals surface area contributed by atoms with Crippen LogP contribution in [0.15, 0.2) is 0 Å². The van der Waals surface area contributed by atoms with Crippen molar-refractivity contribution in [3.8, 4) is 0 Å². The molecule has 0 amide bonds. The Labute approximate surface area is 213 Å². The predicted octanol–water partition coefficient (Wildman–Crippen LogP) is 7.36. The van der Waals surface area contributed by atoms with Gasteiger partial charge in [0.2, 0.25) is 0 Å². The second kappa shape index (κ2) is 10.9. The van der Waals surface area contributed by atoms with Crippen LogP contribution in [0.3, 0.4) is 0 Å². The molecule has 7 atom stereocenters. The SMILES string of the molecule is C[C@H](CCC(C[C@@](C)(O)CO)O[Si](C)(C)C(C)(C)C)[C@H]1CCC2C(O[Si](C)(C)C)CCC[C@@]21C. The minimum atomic E-state index is -1.96. The molecule has 2 saturated carbocycles. The van der Waals surface area contributed by atoms with E-state index in [2.05, 4.69) is 67.4 Å². The van der Waals surface area contributed by atoms with Gasteiger partial charge in [0, 0.05) is 18.6 Å². The maximum Gasteiger partial charge on any atom is 0.192 e. The van der Waals surface area contributed by atoms with Gasteiger partial charge < -0.3 is 19.1 Å². The monoisotopic (exact) mass is 514 g/mol. The molecule has 6 heteroatoms. The minimum Gasteiger partial charge on any atom is -0.414 e. The standard InChI is InChI=1S/C28H58O4Si2/c1-21(14-15-22(19-27(5,30)20-29)31-34(10,11)26(2,3)4)23-16-17-24-25(32-33(7,8)9)13-12-18-28(23,24)6/h21-25,29-30H,12-20H2,1-11H3/t21-,22?,23-,24?,25?,27-,28-/m1/s1. The molecule has 4 nitrogen and oxygen atoms in total. The molecule has 2 fully saturated rings. The third-order valence-corrected chi connectivity index (χ3v) is 15.1. The van der Waals surface area contributed by atoms with Crippen LogP contribution in [-0.4, -0.2) is 51.3 Å². The summed E-state index contributed by atoms with van der Waals surface area (Å²) in [5.41, 5.74) is -0.708. The molecule has 0 saturated heterocycles. The van der Waals surface area contributed by atoms with E-state index in [-0.39, 0.29) is 17.7 Å². The van der Waals surface area contributed by atoms with Crippen LogP contribution in [0, 0.1) is 23.2 Å². The van der Waals surface area contributed by atoms with E-state index in [9.17, 15) is 10.2 Å². The molecule has 2 N–H and O–H groups in total. The Hall–Kier alpha value is 0.274. The first kappa shape index (κ1) is 30.5. The lowest BCUT2D eigenvalue weighted by molar-refractivity contribution is -0.0388. The molecular weight excluding hydrogens is 456 g/mol. The Bertz CT molecular complexity index is 652. The van der Waals surface area contributed by atoms with Gasteiger partial charge in [-0.05, 0) is 106 Å². The lowest BCUT2D eigenvalue weighted by Gasteiger charge is -2.48. The van der Waals surface area contributed by atoms with E-state index < -0.39 is 22.2 Å². The second-order valence-corrected chi connectivity index (χ2v) is 24.1. The largest absolute Gasteiger partial charge is 0.414 e. The van der Waals surface area contributed by atoms with Crippen molar-refractivity contribution in [3.63, 3.8) is 0 Å². The molecule has 0 bridgehead atoms. The van der Waals surface area contributed by atoms with Gasteiger partial charge in [0.25, 0.3) is 0 Å². The van der Waals surface area contributed by atoms with Crippen molar-refractivity contribution < 1.29 is 19.1 Å². The van der Waals surface area contributed by atoms with Crippen molar-refractivity contribution in [2.24, 2.45) is 23.2 Å². The Kier molecular flexibility index (Phi) is 9.82. The van der Waals surface area contributed by atoms with Crippen molar-refractivity contribution >= 4 is 16.6 Å². The van der Waals surface area contributed by atoms with E-state index in [1.54, 1.807) is 6.92 Å². The third kappa shape index (κ3) is 7.64. The summed E-state index contributed by atoms with van der Waals surface area (Å²) < 4.78 is 13.5. The molecule has 3 unspecified atom stereocenters. The number of rotatable bonds is 11. The molecule has 0 aromatic heterocycles. The highest BCUT2D eigenvalue weighted by atomic mass is 28.4. The summed E-state index contributed by atoms with van der Waals surface area (Å²) in [6.07, 6.45) is 9.51. The quantitative estimate of drug-likeness (QED) is 0.283. The Morgan fingerprint density at radius 3 is 2.15 bits per heavy atom. The fraction of sp³-hybridized carbons (Fsp3) is 1.00. The van der Waals surface area contributed by atoms with Gasteiger partial charge in [0.15, 0.2) is 16.6 Å². The molecular formula is C28H58O4Si2. The highest BCUT2D eigenvalue weighted by molar-refractivity contribution is 6.74. The molecule has 2 rings (SSSR count). The number of aliphatic hydroxyl groups excluding tert-OH is 1.